The second-order valence-corrected chi connectivity index (χ2v) is 6.06. The summed E-state index contributed by atoms with van der Waals surface area (Å²) < 4.78 is 0. The highest BCUT2D eigenvalue weighted by Gasteiger charge is 2.24. The Balaban J connectivity index is 2.30. The molecule has 118 valence electrons. The zero-order valence-corrected chi connectivity index (χ0v) is 13.9. The maximum absolute atomic E-state index is 4.19. The summed E-state index contributed by atoms with van der Waals surface area (Å²) in [7, 11) is 0. The summed E-state index contributed by atoms with van der Waals surface area (Å²) in [4.78, 5) is 8.38. The molecule has 2 heteroatoms. The lowest BCUT2D eigenvalue weighted by Gasteiger charge is -2.28. The Morgan fingerprint density at radius 3 is 1.36 bits per heavy atom. The van der Waals surface area contributed by atoms with Gasteiger partial charge in [-0.05, 0) is 60.1 Å². The number of hydrogen-bond acceptors (Lipinski definition) is 2. The molecule has 0 aromatic carbocycles. The van der Waals surface area contributed by atoms with Crippen molar-refractivity contribution in [1.29, 1.82) is 0 Å². The Morgan fingerprint density at radius 2 is 1.05 bits per heavy atom. The van der Waals surface area contributed by atoms with Crippen molar-refractivity contribution in [2.75, 3.05) is 0 Å². The molecule has 2 rings (SSSR count). The second kappa shape index (κ2) is 9.34. The van der Waals surface area contributed by atoms with Crippen LogP contribution in [0.15, 0.2) is 49.1 Å². The largest absolute Gasteiger partial charge is 0.265 e. The van der Waals surface area contributed by atoms with Crippen LogP contribution in [0.4, 0.5) is 0 Å². The molecule has 2 aromatic heterocycles. The summed E-state index contributed by atoms with van der Waals surface area (Å²) in [5.74, 6) is 1.16. The van der Waals surface area contributed by atoms with E-state index in [-0.39, 0.29) is 0 Å². The van der Waals surface area contributed by atoms with Crippen molar-refractivity contribution in [2.45, 2.75) is 64.2 Å². The molecule has 0 radical (unpaired) electrons. The van der Waals surface area contributed by atoms with Crippen LogP contribution in [0.3, 0.4) is 0 Å². The normalized spacial score (nSPS) is 13.7. The van der Waals surface area contributed by atoms with Crippen LogP contribution in [-0.4, -0.2) is 9.97 Å². The Bertz CT molecular complexity index is 460. The number of hydrogen-bond donors (Lipinski definition) is 0. The van der Waals surface area contributed by atoms with Gasteiger partial charge in [-0.15, -0.1) is 0 Å². The second-order valence-electron chi connectivity index (χ2n) is 6.06. The molecule has 0 saturated heterocycles. The number of nitrogens with zero attached hydrogens (tertiary/aromatic N) is 2. The SMILES string of the molecule is CCCCC(c1ccncc1)C(CCCC)c1ccncc1. The molecule has 0 N–H and O–H groups in total. The minimum atomic E-state index is 0.580. The summed E-state index contributed by atoms with van der Waals surface area (Å²) in [6.45, 7) is 4.55. The Morgan fingerprint density at radius 1 is 0.682 bits per heavy atom. The molecule has 0 amide bonds. The van der Waals surface area contributed by atoms with Gasteiger partial charge in [-0.25, -0.2) is 0 Å². The molecule has 0 aliphatic carbocycles. The maximum Gasteiger partial charge on any atom is 0.0270 e. The summed E-state index contributed by atoms with van der Waals surface area (Å²) >= 11 is 0. The van der Waals surface area contributed by atoms with E-state index in [2.05, 4.69) is 48.1 Å². The average Bonchev–Trinajstić information content (AvgIpc) is 2.59. The van der Waals surface area contributed by atoms with Crippen molar-refractivity contribution in [1.82, 2.24) is 9.97 Å². The highest BCUT2D eigenvalue weighted by molar-refractivity contribution is 5.26. The fraction of sp³-hybridized carbons (Fsp3) is 0.500. The molecule has 2 unspecified atom stereocenters. The van der Waals surface area contributed by atoms with Gasteiger partial charge in [-0.1, -0.05) is 39.5 Å². The minimum absolute atomic E-state index is 0.580. The van der Waals surface area contributed by atoms with Crippen LogP contribution in [0.1, 0.15) is 75.3 Å². The molecular formula is C20H28N2. The van der Waals surface area contributed by atoms with Crippen LogP contribution in [0.25, 0.3) is 0 Å². The van der Waals surface area contributed by atoms with Gasteiger partial charge in [0.2, 0.25) is 0 Å². The van der Waals surface area contributed by atoms with E-state index in [1.165, 1.54) is 49.7 Å². The van der Waals surface area contributed by atoms with Crippen LogP contribution >= 0.6 is 0 Å². The first-order valence-electron chi connectivity index (χ1n) is 8.66. The van der Waals surface area contributed by atoms with Gasteiger partial charge in [-0.2, -0.15) is 0 Å². The Labute approximate surface area is 135 Å². The highest BCUT2D eigenvalue weighted by Crippen LogP contribution is 2.39. The summed E-state index contributed by atoms with van der Waals surface area (Å²) in [5, 5.41) is 0. The Hall–Kier alpha value is -1.70. The molecule has 2 heterocycles. The summed E-state index contributed by atoms with van der Waals surface area (Å²) in [6.07, 6.45) is 15.3. The van der Waals surface area contributed by atoms with Crippen molar-refractivity contribution in [3.05, 3.63) is 60.2 Å². The number of rotatable bonds is 9. The zero-order valence-electron chi connectivity index (χ0n) is 13.9. The van der Waals surface area contributed by atoms with Crippen molar-refractivity contribution >= 4 is 0 Å². The molecule has 0 spiro atoms. The van der Waals surface area contributed by atoms with Gasteiger partial charge in [-0.3, -0.25) is 9.97 Å². The number of unbranched alkanes of at least 4 members (excludes halogenated alkanes) is 2. The fourth-order valence-electron chi connectivity index (χ4n) is 3.27. The molecule has 0 aliphatic rings. The molecule has 0 saturated carbocycles. The number of aromatic nitrogens is 2. The van der Waals surface area contributed by atoms with Gasteiger partial charge in [0.05, 0.1) is 0 Å². The van der Waals surface area contributed by atoms with Crippen molar-refractivity contribution in [3.63, 3.8) is 0 Å². The molecule has 2 atom stereocenters. The van der Waals surface area contributed by atoms with Crippen LogP contribution in [-0.2, 0) is 0 Å². The van der Waals surface area contributed by atoms with Crippen molar-refractivity contribution in [3.8, 4) is 0 Å². The lowest BCUT2D eigenvalue weighted by molar-refractivity contribution is 0.449. The average molecular weight is 296 g/mol. The lowest BCUT2D eigenvalue weighted by atomic mass is 9.76. The summed E-state index contributed by atoms with van der Waals surface area (Å²) in [6, 6.07) is 8.78. The van der Waals surface area contributed by atoms with Gasteiger partial charge >= 0.3 is 0 Å². The lowest BCUT2D eigenvalue weighted by Crippen LogP contribution is -2.12. The van der Waals surface area contributed by atoms with E-state index in [4.69, 9.17) is 0 Å². The van der Waals surface area contributed by atoms with Gasteiger partial charge in [0.25, 0.3) is 0 Å². The van der Waals surface area contributed by atoms with Gasteiger partial charge in [0.1, 0.15) is 0 Å². The molecule has 0 bridgehead atoms. The first-order chi connectivity index (χ1) is 10.9. The van der Waals surface area contributed by atoms with E-state index in [9.17, 15) is 0 Å². The monoisotopic (exact) mass is 296 g/mol. The van der Waals surface area contributed by atoms with E-state index < -0.39 is 0 Å². The fourth-order valence-corrected chi connectivity index (χ4v) is 3.27. The topological polar surface area (TPSA) is 25.8 Å². The molecule has 2 aromatic rings. The quantitative estimate of drug-likeness (QED) is 0.591. The first kappa shape index (κ1) is 16.7. The maximum atomic E-state index is 4.19. The zero-order chi connectivity index (χ0) is 15.6. The third-order valence-electron chi connectivity index (χ3n) is 4.49. The third kappa shape index (κ3) is 4.66. The predicted octanol–water partition coefficient (Wildman–Crippen LogP) is 5.72. The van der Waals surface area contributed by atoms with Crippen LogP contribution in [0, 0.1) is 0 Å². The van der Waals surface area contributed by atoms with Crippen LogP contribution < -0.4 is 0 Å². The molecule has 22 heavy (non-hydrogen) atoms. The van der Waals surface area contributed by atoms with Crippen molar-refractivity contribution < 1.29 is 0 Å². The smallest absolute Gasteiger partial charge is 0.0270 e. The van der Waals surface area contributed by atoms with E-state index >= 15 is 0 Å². The van der Waals surface area contributed by atoms with E-state index in [0.29, 0.717) is 11.8 Å². The minimum Gasteiger partial charge on any atom is -0.265 e. The molecule has 2 nitrogen and oxygen atoms in total. The number of pyridine rings is 2. The first-order valence-corrected chi connectivity index (χ1v) is 8.66. The standard InChI is InChI=1S/C20H28N2/c1-3-5-7-19(17-9-13-21-14-10-17)20(8-6-4-2)18-11-15-22-16-12-18/h9-16,19-20H,3-8H2,1-2H3. The third-order valence-corrected chi connectivity index (χ3v) is 4.49. The van der Waals surface area contributed by atoms with Gasteiger partial charge in [0.15, 0.2) is 0 Å². The summed E-state index contributed by atoms with van der Waals surface area (Å²) in [5.41, 5.74) is 2.86. The molecule has 0 aliphatic heterocycles. The van der Waals surface area contributed by atoms with Crippen LogP contribution in [0.2, 0.25) is 0 Å². The van der Waals surface area contributed by atoms with Gasteiger partial charge in [0, 0.05) is 24.8 Å². The van der Waals surface area contributed by atoms with Crippen LogP contribution in [0.5, 0.6) is 0 Å². The molecular weight excluding hydrogens is 268 g/mol. The Kier molecular flexibility index (Phi) is 7.08. The van der Waals surface area contributed by atoms with E-state index in [1.807, 2.05) is 24.8 Å². The van der Waals surface area contributed by atoms with Crippen molar-refractivity contribution in [2.24, 2.45) is 0 Å². The predicted molar refractivity (Wildman–Crippen MR) is 93.0 cm³/mol. The molecule has 0 fully saturated rings. The van der Waals surface area contributed by atoms with E-state index in [1.54, 1.807) is 0 Å². The van der Waals surface area contributed by atoms with Gasteiger partial charge < -0.3 is 0 Å². The highest BCUT2D eigenvalue weighted by atomic mass is 14.6. The van der Waals surface area contributed by atoms with E-state index in [0.717, 1.165) is 0 Å².